The summed E-state index contributed by atoms with van der Waals surface area (Å²) in [7, 11) is 0. The van der Waals surface area contributed by atoms with Gasteiger partial charge in [0.05, 0.1) is 0 Å². The van der Waals surface area contributed by atoms with Crippen LogP contribution in [-0.2, 0) is 17.6 Å². The van der Waals surface area contributed by atoms with E-state index in [2.05, 4.69) is 28.1 Å². The molecule has 3 heteroatoms. The third-order valence-corrected chi connectivity index (χ3v) is 4.75. The highest BCUT2D eigenvalue weighted by molar-refractivity contribution is 9.10. The van der Waals surface area contributed by atoms with Crippen molar-refractivity contribution in [3.63, 3.8) is 0 Å². The predicted octanol–water partition coefficient (Wildman–Crippen LogP) is 4.94. The molecule has 0 N–H and O–H groups in total. The number of carbonyl (C=O) groups is 1. The molecule has 0 saturated heterocycles. The van der Waals surface area contributed by atoms with Crippen LogP contribution in [0.4, 0.5) is 0 Å². The Morgan fingerprint density at radius 1 is 1.25 bits per heavy atom. The van der Waals surface area contributed by atoms with Crippen molar-refractivity contribution in [1.82, 2.24) is 0 Å². The van der Waals surface area contributed by atoms with E-state index in [-0.39, 0.29) is 11.7 Å². The quantitative estimate of drug-likeness (QED) is 0.766. The number of carbonyl (C=O) groups excluding carboxylic acids is 1. The van der Waals surface area contributed by atoms with Crippen LogP contribution in [-0.4, -0.2) is 5.78 Å². The third-order valence-electron chi connectivity index (χ3n) is 3.90. The number of hydrogen-bond donors (Lipinski definition) is 0. The zero-order valence-corrected chi connectivity index (χ0v) is 13.2. The standard InChI is InChI=1S/C17H14BrClO/c18-13-7-5-12(16(19)10-13)9-17(20)15-8-6-11-3-1-2-4-14(11)15/h1-5,7,10,15H,6,8-9H2. The largest absolute Gasteiger partial charge is 0.299 e. The van der Waals surface area contributed by atoms with Crippen LogP contribution < -0.4 is 0 Å². The molecule has 0 aliphatic heterocycles. The highest BCUT2D eigenvalue weighted by Gasteiger charge is 2.28. The average Bonchev–Trinajstić information content (AvgIpc) is 2.86. The molecule has 20 heavy (non-hydrogen) atoms. The van der Waals surface area contributed by atoms with Crippen LogP contribution in [0.2, 0.25) is 5.02 Å². The van der Waals surface area contributed by atoms with E-state index in [9.17, 15) is 4.79 Å². The second-order valence-corrected chi connectivity index (χ2v) is 6.49. The minimum atomic E-state index is 0.0333. The van der Waals surface area contributed by atoms with E-state index in [0.29, 0.717) is 11.4 Å². The van der Waals surface area contributed by atoms with Gasteiger partial charge < -0.3 is 0 Å². The van der Waals surface area contributed by atoms with Gasteiger partial charge in [-0.3, -0.25) is 4.79 Å². The Hall–Kier alpha value is -1.12. The highest BCUT2D eigenvalue weighted by Crippen LogP contribution is 2.34. The Morgan fingerprint density at radius 3 is 2.85 bits per heavy atom. The number of fused-ring (bicyclic) bond motifs is 1. The summed E-state index contributed by atoms with van der Waals surface area (Å²) >= 11 is 9.58. The molecule has 0 radical (unpaired) electrons. The SMILES string of the molecule is O=C(Cc1ccc(Br)cc1Cl)C1CCc2ccccc21. The number of ketones is 1. The minimum absolute atomic E-state index is 0.0333. The maximum atomic E-state index is 12.5. The summed E-state index contributed by atoms with van der Waals surface area (Å²) in [5, 5.41) is 0.652. The molecule has 3 rings (SSSR count). The van der Waals surface area contributed by atoms with Crippen LogP contribution in [0.3, 0.4) is 0 Å². The fraction of sp³-hybridized carbons (Fsp3) is 0.235. The van der Waals surface area contributed by atoms with Crippen molar-refractivity contribution in [2.75, 3.05) is 0 Å². The maximum absolute atomic E-state index is 12.5. The number of aryl methyl sites for hydroxylation is 1. The van der Waals surface area contributed by atoms with Gasteiger partial charge in [0.15, 0.2) is 0 Å². The summed E-state index contributed by atoms with van der Waals surface area (Å²) < 4.78 is 0.935. The summed E-state index contributed by atoms with van der Waals surface area (Å²) in [4.78, 5) is 12.5. The smallest absolute Gasteiger partial charge is 0.144 e. The lowest BCUT2D eigenvalue weighted by Gasteiger charge is -2.11. The van der Waals surface area contributed by atoms with Crippen LogP contribution in [0.25, 0.3) is 0 Å². The zero-order valence-electron chi connectivity index (χ0n) is 10.9. The zero-order chi connectivity index (χ0) is 14.1. The first-order valence-corrected chi connectivity index (χ1v) is 7.86. The van der Waals surface area contributed by atoms with E-state index in [1.807, 2.05) is 30.3 Å². The Kier molecular flexibility index (Phi) is 3.95. The first-order chi connectivity index (χ1) is 9.65. The Morgan fingerprint density at radius 2 is 2.05 bits per heavy atom. The van der Waals surface area contributed by atoms with Crippen molar-refractivity contribution in [2.24, 2.45) is 0 Å². The molecular formula is C17H14BrClO. The number of hydrogen-bond acceptors (Lipinski definition) is 1. The van der Waals surface area contributed by atoms with Gasteiger partial charge in [0.2, 0.25) is 0 Å². The van der Waals surface area contributed by atoms with E-state index in [0.717, 1.165) is 22.9 Å². The average molecular weight is 350 g/mol. The predicted molar refractivity (Wildman–Crippen MR) is 85.4 cm³/mol. The van der Waals surface area contributed by atoms with E-state index >= 15 is 0 Å². The molecule has 0 bridgehead atoms. The summed E-state index contributed by atoms with van der Waals surface area (Å²) in [5.74, 6) is 0.296. The van der Waals surface area contributed by atoms with Crippen molar-refractivity contribution in [1.29, 1.82) is 0 Å². The van der Waals surface area contributed by atoms with Gasteiger partial charge in [-0.15, -0.1) is 0 Å². The van der Waals surface area contributed by atoms with Crippen molar-refractivity contribution in [2.45, 2.75) is 25.2 Å². The van der Waals surface area contributed by atoms with Crippen LogP contribution in [0.5, 0.6) is 0 Å². The minimum Gasteiger partial charge on any atom is -0.299 e. The van der Waals surface area contributed by atoms with Crippen molar-refractivity contribution >= 4 is 33.3 Å². The molecule has 1 nitrogen and oxygen atoms in total. The molecule has 0 saturated carbocycles. The second kappa shape index (κ2) is 5.71. The molecule has 1 aliphatic rings. The summed E-state index contributed by atoms with van der Waals surface area (Å²) in [5.41, 5.74) is 3.42. The fourth-order valence-electron chi connectivity index (χ4n) is 2.87. The van der Waals surface area contributed by atoms with Gasteiger partial charge in [-0.25, -0.2) is 0 Å². The van der Waals surface area contributed by atoms with E-state index in [1.54, 1.807) is 0 Å². The summed E-state index contributed by atoms with van der Waals surface area (Å²) in [6, 6.07) is 13.9. The van der Waals surface area contributed by atoms with Gasteiger partial charge in [0.25, 0.3) is 0 Å². The molecule has 0 spiro atoms. The molecule has 1 unspecified atom stereocenters. The van der Waals surface area contributed by atoms with E-state index in [1.165, 1.54) is 11.1 Å². The molecule has 0 aromatic heterocycles. The van der Waals surface area contributed by atoms with Crippen LogP contribution in [0.15, 0.2) is 46.9 Å². The summed E-state index contributed by atoms with van der Waals surface area (Å²) in [6.45, 7) is 0. The van der Waals surface area contributed by atoms with Gasteiger partial charge >= 0.3 is 0 Å². The van der Waals surface area contributed by atoms with Crippen molar-refractivity contribution in [3.8, 4) is 0 Å². The van der Waals surface area contributed by atoms with Crippen molar-refractivity contribution < 1.29 is 4.79 Å². The first kappa shape index (κ1) is 13.8. The van der Waals surface area contributed by atoms with E-state index < -0.39 is 0 Å². The molecule has 0 amide bonds. The monoisotopic (exact) mass is 348 g/mol. The van der Waals surface area contributed by atoms with Crippen LogP contribution in [0, 0.1) is 0 Å². The van der Waals surface area contributed by atoms with Gasteiger partial charge in [-0.2, -0.15) is 0 Å². The second-order valence-electron chi connectivity index (χ2n) is 5.17. The molecule has 1 atom stereocenters. The highest BCUT2D eigenvalue weighted by atomic mass is 79.9. The topological polar surface area (TPSA) is 17.1 Å². The molecule has 2 aromatic carbocycles. The van der Waals surface area contributed by atoms with Gasteiger partial charge in [-0.1, -0.05) is 57.9 Å². The third kappa shape index (κ3) is 2.68. The van der Waals surface area contributed by atoms with Crippen molar-refractivity contribution in [3.05, 3.63) is 68.7 Å². The number of halogens is 2. The normalized spacial score (nSPS) is 17.0. The molecule has 0 fully saturated rings. The number of benzene rings is 2. The molecular weight excluding hydrogens is 336 g/mol. The Labute approximate surface area is 132 Å². The maximum Gasteiger partial charge on any atom is 0.144 e. The Bertz CT molecular complexity index is 666. The summed E-state index contributed by atoms with van der Waals surface area (Å²) in [6.07, 6.45) is 2.33. The van der Waals surface area contributed by atoms with Crippen LogP contribution in [0.1, 0.15) is 29.0 Å². The number of Topliss-reactive ketones (excluding diaryl/α,β-unsaturated/α-hetero) is 1. The molecule has 0 heterocycles. The number of rotatable bonds is 3. The Balaban J connectivity index is 1.81. The fourth-order valence-corrected chi connectivity index (χ4v) is 3.61. The lowest BCUT2D eigenvalue weighted by molar-refractivity contribution is -0.119. The first-order valence-electron chi connectivity index (χ1n) is 6.69. The molecule has 102 valence electrons. The van der Waals surface area contributed by atoms with Gasteiger partial charge in [-0.05, 0) is 41.7 Å². The van der Waals surface area contributed by atoms with Gasteiger partial charge in [0, 0.05) is 21.8 Å². The lowest BCUT2D eigenvalue weighted by atomic mass is 9.92. The lowest BCUT2D eigenvalue weighted by Crippen LogP contribution is -2.12. The van der Waals surface area contributed by atoms with Gasteiger partial charge in [0.1, 0.15) is 5.78 Å². The van der Waals surface area contributed by atoms with Crippen LogP contribution >= 0.6 is 27.5 Å². The molecule has 2 aromatic rings. The molecule has 1 aliphatic carbocycles. The van der Waals surface area contributed by atoms with E-state index in [4.69, 9.17) is 11.6 Å².